The van der Waals surface area contributed by atoms with Crippen molar-refractivity contribution in [3.63, 3.8) is 0 Å². The van der Waals surface area contributed by atoms with Crippen molar-refractivity contribution in [3.05, 3.63) is 63.9 Å². The Hall–Kier alpha value is -2.31. The van der Waals surface area contributed by atoms with Crippen LogP contribution >= 0.6 is 23.2 Å². The number of carbonyl (C=O) groups is 1. The summed E-state index contributed by atoms with van der Waals surface area (Å²) in [6, 6.07) is 5.35. The number of nitrogens with zero attached hydrogens (tertiary/aromatic N) is 4. The molecule has 8 heteroatoms. The first-order valence-corrected chi connectivity index (χ1v) is 8.94. The summed E-state index contributed by atoms with van der Waals surface area (Å²) in [5.74, 6) is -0.0370. The molecule has 1 aromatic carbocycles. The second-order valence-corrected chi connectivity index (χ2v) is 6.80. The lowest BCUT2D eigenvalue weighted by atomic mass is 10.1. The van der Waals surface area contributed by atoms with Crippen LogP contribution in [0.2, 0.25) is 10.0 Å². The SMILES string of the molecule is Cc1nn(-c2ccc(Cl)c(Cl)c2)c(C)c1CC(=O)NCCn1ccnc1. The van der Waals surface area contributed by atoms with Gasteiger partial charge in [-0.25, -0.2) is 9.67 Å². The van der Waals surface area contributed by atoms with Crippen LogP contribution in [0.1, 0.15) is 17.0 Å². The molecular weight excluding hydrogens is 373 g/mol. The molecule has 2 heterocycles. The molecule has 0 aliphatic carbocycles. The molecule has 1 amide bonds. The largest absolute Gasteiger partial charge is 0.354 e. The van der Waals surface area contributed by atoms with Gasteiger partial charge in [-0.3, -0.25) is 4.79 Å². The second-order valence-electron chi connectivity index (χ2n) is 5.99. The van der Waals surface area contributed by atoms with Crippen molar-refractivity contribution in [2.75, 3.05) is 6.54 Å². The number of hydrogen-bond donors (Lipinski definition) is 1. The van der Waals surface area contributed by atoms with Crippen LogP contribution in [0.15, 0.2) is 36.9 Å². The molecule has 0 bridgehead atoms. The number of hydrogen-bond acceptors (Lipinski definition) is 3. The van der Waals surface area contributed by atoms with E-state index in [-0.39, 0.29) is 12.3 Å². The van der Waals surface area contributed by atoms with Gasteiger partial charge in [0.1, 0.15) is 0 Å². The zero-order valence-electron chi connectivity index (χ0n) is 14.5. The lowest BCUT2D eigenvalue weighted by Crippen LogP contribution is -2.28. The normalized spacial score (nSPS) is 10.9. The Labute approximate surface area is 161 Å². The van der Waals surface area contributed by atoms with E-state index >= 15 is 0 Å². The van der Waals surface area contributed by atoms with E-state index in [4.69, 9.17) is 23.2 Å². The minimum atomic E-state index is -0.0370. The Bertz CT molecular complexity index is 918. The number of carbonyl (C=O) groups excluding carboxylic acids is 1. The minimum Gasteiger partial charge on any atom is -0.354 e. The first kappa shape index (κ1) is 18.5. The van der Waals surface area contributed by atoms with Gasteiger partial charge in [0.2, 0.25) is 5.91 Å². The summed E-state index contributed by atoms with van der Waals surface area (Å²) in [6.45, 7) is 5.08. The fourth-order valence-electron chi connectivity index (χ4n) is 2.77. The van der Waals surface area contributed by atoms with Crippen molar-refractivity contribution in [2.45, 2.75) is 26.8 Å². The fraction of sp³-hybridized carbons (Fsp3) is 0.278. The molecule has 26 heavy (non-hydrogen) atoms. The van der Waals surface area contributed by atoms with Crippen LogP contribution in [0.3, 0.4) is 0 Å². The average molecular weight is 392 g/mol. The highest BCUT2D eigenvalue weighted by Crippen LogP contribution is 2.26. The van der Waals surface area contributed by atoms with Crippen LogP contribution in [0.5, 0.6) is 0 Å². The molecular formula is C18H19Cl2N5O. The average Bonchev–Trinajstić information content (AvgIpc) is 3.21. The van der Waals surface area contributed by atoms with Gasteiger partial charge in [-0.05, 0) is 32.0 Å². The predicted molar refractivity (Wildman–Crippen MR) is 102 cm³/mol. The molecule has 0 spiro atoms. The number of aromatic nitrogens is 4. The van der Waals surface area contributed by atoms with Gasteiger partial charge in [-0.15, -0.1) is 0 Å². The molecule has 0 saturated heterocycles. The minimum absolute atomic E-state index is 0.0370. The van der Waals surface area contributed by atoms with Crippen LogP contribution < -0.4 is 5.32 Å². The Kier molecular flexibility index (Phi) is 5.64. The first-order valence-electron chi connectivity index (χ1n) is 8.18. The molecule has 0 fully saturated rings. The van der Waals surface area contributed by atoms with Gasteiger partial charge in [-0.1, -0.05) is 23.2 Å². The molecule has 6 nitrogen and oxygen atoms in total. The van der Waals surface area contributed by atoms with Gasteiger partial charge < -0.3 is 9.88 Å². The number of benzene rings is 1. The Morgan fingerprint density at radius 3 is 2.73 bits per heavy atom. The topological polar surface area (TPSA) is 64.7 Å². The summed E-state index contributed by atoms with van der Waals surface area (Å²) in [4.78, 5) is 16.3. The third-order valence-electron chi connectivity index (χ3n) is 4.18. The highest BCUT2D eigenvalue weighted by atomic mass is 35.5. The van der Waals surface area contributed by atoms with Crippen molar-refractivity contribution in [3.8, 4) is 5.69 Å². The van der Waals surface area contributed by atoms with E-state index in [0.29, 0.717) is 23.1 Å². The van der Waals surface area contributed by atoms with Gasteiger partial charge in [0.05, 0.1) is 34.2 Å². The van der Waals surface area contributed by atoms with E-state index < -0.39 is 0 Å². The molecule has 2 aromatic heterocycles. The monoisotopic (exact) mass is 391 g/mol. The van der Waals surface area contributed by atoms with Gasteiger partial charge in [-0.2, -0.15) is 5.10 Å². The van der Waals surface area contributed by atoms with E-state index in [1.807, 2.05) is 30.7 Å². The Balaban J connectivity index is 1.69. The third kappa shape index (κ3) is 4.08. The lowest BCUT2D eigenvalue weighted by Gasteiger charge is -2.08. The van der Waals surface area contributed by atoms with E-state index in [1.165, 1.54) is 0 Å². The van der Waals surface area contributed by atoms with Crippen LogP contribution in [-0.4, -0.2) is 31.8 Å². The molecule has 0 saturated carbocycles. The Morgan fingerprint density at radius 2 is 2.04 bits per heavy atom. The van der Waals surface area contributed by atoms with Crippen molar-refractivity contribution in [1.82, 2.24) is 24.6 Å². The number of halogens is 2. The summed E-state index contributed by atoms with van der Waals surface area (Å²) in [5, 5.41) is 8.44. The maximum absolute atomic E-state index is 12.3. The van der Waals surface area contributed by atoms with Crippen LogP contribution in [0, 0.1) is 13.8 Å². The molecule has 0 radical (unpaired) electrons. The molecule has 0 aliphatic heterocycles. The van der Waals surface area contributed by atoms with Crippen molar-refractivity contribution >= 4 is 29.1 Å². The summed E-state index contributed by atoms with van der Waals surface area (Å²) >= 11 is 12.1. The van der Waals surface area contributed by atoms with Gasteiger partial charge >= 0.3 is 0 Å². The highest BCUT2D eigenvalue weighted by molar-refractivity contribution is 6.42. The van der Waals surface area contributed by atoms with E-state index in [1.54, 1.807) is 29.3 Å². The summed E-state index contributed by atoms with van der Waals surface area (Å²) < 4.78 is 3.70. The number of nitrogens with one attached hydrogen (secondary N) is 1. The molecule has 0 unspecified atom stereocenters. The maximum Gasteiger partial charge on any atom is 0.224 e. The lowest BCUT2D eigenvalue weighted by molar-refractivity contribution is -0.120. The highest BCUT2D eigenvalue weighted by Gasteiger charge is 2.16. The zero-order chi connectivity index (χ0) is 18.7. The number of amides is 1. The summed E-state index contributed by atoms with van der Waals surface area (Å²) in [7, 11) is 0. The van der Waals surface area contributed by atoms with Gasteiger partial charge in [0, 0.05) is 36.7 Å². The van der Waals surface area contributed by atoms with E-state index in [0.717, 1.165) is 22.6 Å². The molecule has 3 rings (SSSR count). The second kappa shape index (κ2) is 7.93. The Morgan fingerprint density at radius 1 is 1.23 bits per heavy atom. The third-order valence-corrected chi connectivity index (χ3v) is 4.92. The number of imidazole rings is 1. The molecule has 1 N–H and O–H groups in total. The predicted octanol–water partition coefficient (Wildman–Crippen LogP) is 3.35. The van der Waals surface area contributed by atoms with E-state index in [9.17, 15) is 4.79 Å². The molecule has 136 valence electrons. The van der Waals surface area contributed by atoms with Gasteiger partial charge in [0.15, 0.2) is 0 Å². The number of aryl methyl sites for hydroxylation is 1. The zero-order valence-corrected chi connectivity index (χ0v) is 16.1. The van der Waals surface area contributed by atoms with Crippen molar-refractivity contribution in [1.29, 1.82) is 0 Å². The quantitative estimate of drug-likeness (QED) is 0.700. The standard InChI is InChI=1S/C18H19Cl2N5O/c1-12-15(10-18(26)22-6-8-24-7-5-21-11-24)13(2)25(23-12)14-3-4-16(19)17(20)9-14/h3-5,7,9,11H,6,8,10H2,1-2H3,(H,22,26). The molecule has 3 aromatic rings. The first-order chi connectivity index (χ1) is 12.5. The van der Waals surface area contributed by atoms with Gasteiger partial charge in [0.25, 0.3) is 0 Å². The van der Waals surface area contributed by atoms with Crippen LogP contribution in [-0.2, 0) is 17.8 Å². The van der Waals surface area contributed by atoms with Crippen molar-refractivity contribution < 1.29 is 4.79 Å². The number of rotatable bonds is 6. The van der Waals surface area contributed by atoms with E-state index in [2.05, 4.69) is 15.4 Å². The maximum atomic E-state index is 12.3. The van der Waals surface area contributed by atoms with Crippen LogP contribution in [0.25, 0.3) is 5.69 Å². The summed E-state index contributed by atoms with van der Waals surface area (Å²) in [5.41, 5.74) is 3.45. The molecule has 0 aliphatic rings. The molecule has 0 atom stereocenters. The fourth-order valence-corrected chi connectivity index (χ4v) is 3.06. The smallest absolute Gasteiger partial charge is 0.224 e. The van der Waals surface area contributed by atoms with Crippen molar-refractivity contribution in [2.24, 2.45) is 0 Å². The summed E-state index contributed by atoms with van der Waals surface area (Å²) in [6.07, 6.45) is 5.58. The van der Waals surface area contributed by atoms with Crippen LogP contribution in [0.4, 0.5) is 0 Å².